The summed E-state index contributed by atoms with van der Waals surface area (Å²) in [6.07, 6.45) is 2.13. The van der Waals surface area contributed by atoms with Gasteiger partial charge in [0.15, 0.2) is 16.7 Å². The molecule has 0 aliphatic rings. The Labute approximate surface area is 130 Å². The van der Waals surface area contributed by atoms with E-state index >= 15 is 0 Å². The van der Waals surface area contributed by atoms with Gasteiger partial charge in [-0.3, -0.25) is 0 Å². The Balaban J connectivity index is 1.93. The van der Waals surface area contributed by atoms with E-state index in [1.54, 1.807) is 14.2 Å². The van der Waals surface area contributed by atoms with E-state index in [9.17, 15) is 0 Å². The van der Waals surface area contributed by atoms with Gasteiger partial charge in [-0.2, -0.15) is 0 Å². The lowest BCUT2D eigenvalue weighted by Crippen LogP contribution is -1.93. The van der Waals surface area contributed by atoms with Crippen molar-refractivity contribution in [3.63, 3.8) is 0 Å². The van der Waals surface area contributed by atoms with Crippen LogP contribution >= 0.6 is 22.9 Å². The standard InChI is InChI=1S/C14H12ClN3O2S/c1-19-9-4-3-8(5-10(9)20-2)6-11-18-12-13(15)16-7-17-14(12)21-11/h3-5,7H,6H2,1-2H3. The van der Waals surface area contributed by atoms with Crippen LogP contribution in [-0.2, 0) is 6.42 Å². The molecule has 0 aliphatic carbocycles. The fourth-order valence-corrected chi connectivity index (χ4v) is 3.18. The smallest absolute Gasteiger partial charge is 0.160 e. The van der Waals surface area contributed by atoms with Crippen molar-refractivity contribution in [1.29, 1.82) is 0 Å². The summed E-state index contributed by atoms with van der Waals surface area (Å²) in [6.45, 7) is 0. The molecule has 0 N–H and O–H groups in total. The summed E-state index contributed by atoms with van der Waals surface area (Å²) in [4.78, 5) is 13.4. The van der Waals surface area contributed by atoms with Crippen molar-refractivity contribution in [2.75, 3.05) is 14.2 Å². The fourth-order valence-electron chi connectivity index (χ4n) is 2.01. The van der Waals surface area contributed by atoms with Gasteiger partial charge >= 0.3 is 0 Å². The molecule has 0 atom stereocenters. The Morgan fingerprint density at radius 2 is 1.95 bits per heavy atom. The van der Waals surface area contributed by atoms with Crippen LogP contribution in [0.3, 0.4) is 0 Å². The molecule has 108 valence electrons. The minimum Gasteiger partial charge on any atom is -0.493 e. The van der Waals surface area contributed by atoms with Crippen LogP contribution in [0.2, 0.25) is 5.15 Å². The van der Waals surface area contributed by atoms with Crippen LogP contribution < -0.4 is 9.47 Å². The SMILES string of the molecule is COc1ccc(Cc2nc3c(Cl)ncnc3s2)cc1OC. The highest BCUT2D eigenvalue weighted by Gasteiger charge is 2.11. The number of rotatable bonds is 4. The van der Waals surface area contributed by atoms with Crippen molar-refractivity contribution >= 4 is 33.3 Å². The third-order valence-electron chi connectivity index (χ3n) is 3.00. The maximum atomic E-state index is 6.02. The second-order valence-corrected chi connectivity index (χ2v) is 5.71. The molecule has 0 radical (unpaired) electrons. The zero-order valence-corrected chi connectivity index (χ0v) is 13.0. The first-order chi connectivity index (χ1) is 10.2. The van der Waals surface area contributed by atoms with Crippen LogP contribution in [0.4, 0.5) is 0 Å². The predicted molar refractivity (Wildman–Crippen MR) is 82.6 cm³/mol. The quantitative estimate of drug-likeness (QED) is 0.690. The Kier molecular flexibility index (Phi) is 3.90. The fraction of sp³-hybridized carbons (Fsp3) is 0.214. The number of methoxy groups -OCH3 is 2. The minimum absolute atomic E-state index is 0.384. The third-order valence-corrected chi connectivity index (χ3v) is 4.24. The molecule has 0 spiro atoms. The van der Waals surface area contributed by atoms with Gasteiger partial charge in [0.25, 0.3) is 0 Å². The van der Waals surface area contributed by atoms with E-state index in [2.05, 4.69) is 15.0 Å². The van der Waals surface area contributed by atoms with Crippen LogP contribution in [0, 0.1) is 0 Å². The topological polar surface area (TPSA) is 57.1 Å². The number of hydrogen-bond acceptors (Lipinski definition) is 6. The van der Waals surface area contributed by atoms with Crippen LogP contribution in [0.15, 0.2) is 24.5 Å². The van der Waals surface area contributed by atoms with E-state index in [1.807, 2.05) is 18.2 Å². The number of aromatic nitrogens is 3. The molecule has 0 saturated heterocycles. The van der Waals surface area contributed by atoms with E-state index in [0.29, 0.717) is 28.6 Å². The van der Waals surface area contributed by atoms with Crippen molar-refractivity contribution in [3.05, 3.63) is 40.3 Å². The molecule has 0 fully saturated rings. The highest BCUT2D eigenvalue weighted by Crippen LogP contribution is 2.30. The lowest BCUT2D eigenvalue weighted by atomic mass is 10.1. The summed E-state index contributed by atoms with van der Waals surface area (Å²) in [6, 6.07) is 5.81. The maximum Gasteiger partial charge on any atom is 0.160 e. The molecule has 0 bridgehead atoms. The summed E-state index contributed by atoms with van der Waals surface area (Å²) in [5.41, 5.74) is 1.73. The molecule has 0 saturated carbocycles. The van der Waals surface area contributed by atoms with E-state index in [0.717, 1.165) is 15.4 Å². The highest BCUT2D eigenvalue weighted by molar-refractivity contribution is 7.18. The molecule has 5 nitrogen and oxygen atoms in total. The number of halogens is 1. The van der Waals surface area contributed by atoms with E-state index < -0.39 is 0 Å². The van der Waals surface area contributed by atoms with Gasteiger partial charge in [0.05, 0.1) is 19.2 Å². The molecule has 3 rings (SSSR count). The van der Waals surface area contributed by atoms with E-state index in [1.165, 1.54) is 17.7 Å². The third kappa shape index (κ3) is 2.77. The van der Waals surface area contributed by atoms with Crippen LogP contribution in [0.1, 0.15) is 10.6 Å². The molecule has 0 aliphatic heterocycles. The number of hydrogen-bond donors (Lipinski definition) is 0. The number of thiazole rings is 1. The number of benzene rings is 1. The highest BCUT2D eigenvalue weighted by atomic mass is 35.5. The van der Waals surface area contributed by atoms with Crippen molar-refractivity contribution in [3.8, 4) is 11.5 Å². The Morgan fingerprint density at radius 3 is 2.67 bits per heavy atom. The lowest BCUT2D eigenvalue weighted by Gasteiger charge is -2.08. The predicted octanol–water partition coefficient (Wildman–Crippen LogP) is 3.35. The number of fused-ring (bicyclic) bond motifs is 1. The molecule has 0 amide bonds. The number of nitrogens with zero attached hydrogens (tertiary/aromatic N) is 3. The van der Waals surface area contributed by atoms with Gasteiger partial charge in [-0.1, -0.05) is 29.0 Å². The lowest BCUT2D eigenvalue weighted by molar-refractivity contribution is 0.354. The largest absolute Gasteiger partial charge is 0.493 e. The zero-order chi connectivity index (χ0) is 14.8. The molecule has 3 aromatic rings. The van der Waals surface area contributed by atoms with Crippen molar-refractivity contribution in [2.45, 2.75) is 6.42 Å². The van der Waals surface area contributed by atoms with Gasteiger partial charge in [0, 0.05) is 6.42 Å². The second-order valence-electron chi connectivity index (χ2n) is 4.29. The summed E-state index contributed by atoms with van der Waals surface area (Å²) in [7, 11) is 3.24. The molecule has 7 heteroatoms. The normalized spacial score (nSPS) is 10.8. The summed E-state index contributed by atoms with van der Waals surface area (Å²) < 4.78 is 10.5. The first kappa shape index (κ1) is 14.0. The molecule has 21 heavy (non-hydrogen) atoms. The summed E-state index contributed by atoms with van der Waals surface area (Å²) in [5, 5.41) is 1.31. The Morgan fingerprint density at radius 1 is 1.14 bits per heavy atom. The van der Waals surface area contributed by atoms with Crippen molar-refractivity contribution in [2.24, 2.45) is 0 Å². The minimum atomic E-state index is 0.384. The monoisotopic (exact) mass is 321 g/mol. The van der Waals surface area contributed by atoms with Gasteiger partial charge in [-0.25, -0.2) is 15.0 Å². The van der Waals surface area contributed by atoms with Crippen LogP contribution in [0.5, 0.6) is 11.5 Å². The van der Waals surface area contributed by atoms with Gasteiger partial charge in [0.2, 0.25) is 0 Å². The van der Waals surface area contributed by atoms with Crippen LogP contribution in [0.25, 0.3) is 10.3 Å². The molecular formula is C14H12ClN3O2S. The van der Waals surface area contributed by atoms with Gasteiger partial charge < -0.3 is 9.47 Å². The first-order valence-electron chi connectivity index (χ1n) is 6.18. The summed E-state index contributed by atoms with van der Waals surface area (Å²) >= 11 is 7.53. The van der Waals surface area contributed by atoms with Crippen molar-refractivity contribution in [1.82, 2.24) is 15.0 Å². The van der Waals surface area contributed by atoms with Crippen molar-refractivity contribution < 1.29 is 9.47 Å². The molecule has 0 unspecified atom stereocenters. The molecule has 2 aromatic heterocycles. The zero-order valence-electron chi connectivity index (χ0n) is 11.5. The molecular weight excluding hydrogens is 310 g/mol. The molecule has 2 heterocycles. The Bertz CT molecular complexity index is 791. The van der Waals surface area contributed by atoms with Gasteiger partial charge in [-0.15, -0.1) is 0 Å². The average molecular weight is 322 g/mol. The van der Waals surface area contributed by atoms with Gasteiger partial charge in [0.1, 0.15) is 16.7 Å². The van der Waals surface area contributed by atoms with Gasteiger partial charge in [-0.05, 0) is 17.7 Å². The first-order valence-corrected chi connectivity index (χ1v) is 7.37. The van der Waals surface area contributed by atoms with Crippen LogP contribution in [-0.4, -0.2) is 29.2 Å². The molecule has 1 aromatic carbocycles. The van der Waals surface area contributed by atoms with E-state index in [4.69, 9.17) is 21.1 Å². The Hall–Kier alpha value is -1.92. The summed E-state index contributed by atoms with van der Waals surface area (Å²) in [5.74, 6) is 1.41. The van der Waals surface area contributed by atoms with E-state index in [-0.39, 0.29) is 0 Å². The maximum absolute atomic E-state index is 6.02. The number of ether oxygens (including phenoxy) is 2. The average Bonchev–Trinajstić information content (AvgIpc) is 2.91. The second kappa shape index (κ2) is 5.83.